The Bertz CT molecular complexity index is 285. The second-order valence-corrected chi connectivity index (χ2v) is 3.05. The number of hydrogen-bond donors (Lipinski definition) is 1. The number of rotatable bonds is 4. The number of hydrogen-bond acceptors (Lipinski definition) is 3. The van der Waals surface area contributed by atoms with Crippen LogP contribution in [0.5, 0.6) is 11.5 Å². The summed E-state index contributed by atoms with van der Waals surface area (Å²) in [6.45, 7) is 2.56. The molecule has 0 saturated carbocycles. The van der Waals surface area contributed by atoms with Gasteiger partial charge in [-0.25, -0.2) is 0 Å². The van der Waals surface area contributed by atoms with Gasteiger partial charge in [-0.05, 0) is 18.1 Å². The third kappa shape index (κ3) is 1.99. The summed E-state index contributed by atoms with van der Waals surface area (Å²) in [5.41, 5.74) is 7.84. The second-order valence-electron chi connectivity index (χ2n) is 3.05. The third-order valence-corrected chi connectivity index (χ3v) is 2.24. The van der Waals surface area contributed by atoms with E-state index in [1.807, 2.05) is 6.07 Å². The van der Waals surface area contributed by atoms with Gasteiger partial charge in [-0.15, -0.1) is 0 Å². The molecule has 3 heteroatoms. The monoisotopic (exact) mass is 195 g/mol. The highest BCUT2D eigenvalue weighted by molar-refractivity contribution is 5.49. The van der Waals surface area contributed by atoms with E-state index in [1.54, 1.807) is 14.2 Å². The fourth-order valence-electron chi connectivity index (χ4n) is 1.46. The Hall–Kier alpha value is -1.22. The molecule has 0 aromatic heterocycles. The molecule has 14 heavy (non-hydrogen) atoms. The summed E-state index contributed by atoms with van der Waals surface area (Å²) >= 11 is 0. The Balaban J connectivity index is 3.24. The SMILES string of the molecule is CCc1cc(CN)c(OC)c(OC)c1. The van der Waals surface area contributed by atoms with E-state index in [9.17, 15) is 0 Å². The third-order valence-electron chi connectivity index (χ3n) is 2.24. The predicted molar refractivity (Wildman–Crippen MR) is 56.8 cm³/mol. The van der Waals surface area contributed by atoms with Crippen molar-refractivity contribution in [2.45, 2.75) is 19.9 Å². The number of nitrogens with two attached hydrogens (primary N) is 1. The van der Waals surface area contributed by atoms with Gasteiger partial charge in [-0.3, -0.25) is 0 Å². The summed E-state index contributed by atoms with van der Waals surface area (Å²) < 4.78 is 10.5. The van der Waals surface area contributed by atoms with Crippen molar-refractivity contribution in [3.05, 3.63) is 23.3 Å². The quantitative estimate of drug-likeness (QED) is 0.795. The van der Waals surface area contributed by atoms with E-state index in [0.717, 1.165) is 23.5 Å². The topological polar surface area (TPSA) is 44.5 Å². The van der Waals surface area contributed by atoms with Crippen LogP contribution in [0, 0.1) is 0 Å². The molecule has 0 atom stereocenters. The Morgan fingerprint density at radius 3 is 2.36 bits per heavy atom. The molecule has 0 bridgehead atoms. The van der Waals surface area contributed by atoms with Gasteiger partial charge in [0.2, 0.25) is 0 Å². The summed E-state index contributed by atoms with van der Waals surface area (Å²) in [6, 6.07) is 4.04. The largest absolute Gasteiger partial charge is 0.493 e. The molecule has 0 saturated heterocycles. The lowest BCUT2D eigenvalue weighted by Gasteiger charge is -2.13. The van der Waals surface area contributed by atoms with Crippen LogP contribution in [0.2, 0.25) is 0 Å². The molecule has 0 aliphatic heterocycles. The number of methoxy groups -OCH3 is 2. The molecule has 0 amide bonds. The van der Waals surface area contributed by atoms with Gasteiger partial charge in [-0.2, -0.15) is 0 Å². The molecular weight excluding hydrogens is 178 g/mol. The summed E-state index contributed by atoms with van der Waals surface area (Å²) in [5.74, 6) is 1.50. The zero-order chi connectivity index (χ0) is 10.6. The highest BCUT2D eigenvalue weighted by Gasteiger charge is 2.10. The van der Waals surface area contributed by atoms with Crippen LogP contribution in [-0.4, -0.2) is 14.2 Å². The maximum absolute atomic E-state index is 5.64. The van der Waals surface area contributed by atoms with Gasteiger partial charge in [0.1, 0.15) is 0 Å². The molecule has 0 fully saturated rings. The first-order chi connectivity index (χ1) is 6.76. The van der Waals surface area contributed by atoms with Crippen LogP contribution in [0.25, 0.3) is 0 Å². The van der Waals surface area contributed by atoms with Crippen molar-refractivity contribution in [3.63, 3.8) is 0 Å². The molecule has 0 heterocycles. The van der Waals surface area contributed by atoms with Crippen LogP contribution in [-0.2, 0) is 13.0 Å². The van der Waals surface area contributed by atoms with E-state index >= 15 is 0 Å². The number of benzene rings is 1. The molecular formula is C11H17NO2. The molecule has 0 aliphatic rings. The predicted octanol–water partition coefficient (Wildman–Crippen LogP) is 1.72. The van der Waals surface area contributed by atoms with Crippen LogP contribution in [0.15, 0.2) is 12.1 Å². The number of aryl methyl sites for hydroxylation is 1. The summed E-state index contributed by atoms with van der Waals surface area (Å²) in [4.78, 5) is 0. The molecule has 78 valence electrons. The van der Waals surface area contributed by atoms with Crippen LogP contribution in [0.1, 0.15) is 18.1 Å². The van der Waals surface area contributed by atoms with Crippen LogP contribution >= 0.6 is 0 Å². The van der Waals surface area contributed by atoms with Crippen molar-refractivity contribution in [1.29, 1.82) is 0 Å². The lowest BCUT2D eigenvalue weighted by atomic mass is 10.1. The Morgan fingerprint density at radius 2 is 1.93 bits per heavy atom. The Kier molecular flexibility index (Phi) is 3.77. The van der Waals surface area contributed by atoms with E-state index < -0.39 is 0 Å². The van der Waals surface area contributed by atoms with Gasteiger partial charge < -0.3 is 15.2 Å². The molecule has 1 aromatic carbocycles. The molecule has 2 N–H and O–H groups in total. The highest BCUT2D eigenvalue weighted by atomic mass is 16.5. The van der Waals surface area contributed by atoms with Gasteiger partial charge in [0.25, 0.3) is 0 Å². The maximum Gasteiger partial charge on any atom is 0.165 e. The normalized spacial score (nSPS) is 10.0. The van der Waals surface area contributed by atoms with Gasteiger partial charge in [0, 0.05) is 12.1 Å². The van der Waals surface area contributed by atoms with Crippen LogP contribution in [0.4, 0.5) is 0 Å². The summed E-state index contributed by atoms with van der Waals surface area (Å²) in [5, 5.41) is 0. The summed E-state index contributed by atoms with van der Waals surface area (Å²) in [6.07, 6.45) is 0.966. The van der Waals surface area contributed by atoms with Gasteiger partial charge >= 0.3 is 0 Å². The van der Waals surface area contributed by atoms with E-state index in [0.29, 0.717) is 6.54 Å². The average molecular weight is 195 g/mol. The van der Waals surface area contributed by atoms with Gasteiger partial charge in [0.15, 0.2) is 11.5 Å². The molecule has 1 rings (SSSR count). The molecule has 3 nitrogen and oxygen atoms in total. The van der Waals surface area contributed by atoms with E-state index in [2.05, 4.69) is 13.0 Å². The zero-order valence-electron chi connectivity index (χ0n) is 8.96. The standard InChI is InChI=1S/C11H17NO2/c1-4-8-5-9(7-12)11(14-3)10(6-8)13-2/h5-6H,4,7,12H2,1-3H3. The zero-order valence-corrected chi connectivity index (χ0v) is 8.96. The lowest BCUT2D eigenvalue weighted by molar-refractivity contribution is 0.351. The minimum atomic E-state index is 0.466. The van der Waals surface area contributed by atoms with E-state index in [-0.39, 0.29) is 0 Å². The van der Waals surface area contributed by atoms with Crippen LogP contribution in [0.3, 0.4) is 0 Å². The Labute approximate surface area is 84.8 Å². The first kappa shape index (κ1) is 10.9. The van der Waals surface area contributed by atoms with Crippen molar-refractivity contribution in [3.8, 4) is 11.5 Å². The van der Waals surface area contributed by atoms with Crippen molar-refractivity contribution in [1.82, 2.24) is 0 Å². The molecule has 0 spiro atoms. The average Bonchev–Trinajstić information content (AvgIpc) is 2.26. The molecule has 1 aromatic rings. The minimum Gasteiger partial charge on any atom is -0.493 e. The van der Waals surface area contributed by atoms with Crippen molar-refractivity contribution >= 4 is 0 Å². The first-order valence-corrected chi connectivity index (χ1v) is 4.70. The Morgan fingerprint density at radius 1 is 1.21 bits per heavy atom. The molecule has 0 aliphatic carbocycles. The minimum absolute atomic E-state index is 0.466. The number of ether oxygens (including phenoxy) is 2. The fourth-order valence-corrected chi connectivity index (χ4v) is 1.46. The van der Waals surface area contributed by atoms with Crippen molar-refractivity contribution in [2.75, 3.05) is 14.2 Å². The van der Waals surface area contributed by atoms with Gasteiger partial charge in [-0.1, -0.05) is 13.0 Å². The molecule has 0 radical (unpaired) electrons. The highest BCUT2D eigenvalue weighted by Crippen LogP contribution is 2.32. The maximum atomic E-state index is 5.64. The van der Waals surface area contributed by atoms with Crippen LogP contribution < -0.4 is 15.2 Å². The molecule has 0 unspecified atom stereocenters. The lowest BCUT2D eigenvalue weighted by Crippen LogP contribution is -2.03. The fraction of sp³-hybridized carbons (Fsp3) is 0.455. The second kappa shape index (κ2) is 4.86. The van der Waals surface area contributed by atoms with E-state index in [4.69, 9.17) is 15.2 Å². The first-order valence-electron chi connectivity index (χ1n) is 4.70. The van der Waals surface area contributed by atoms with Crippen molar-refractivity contribution in [2.24, 2.45) is 5.73 Å². The summed E-state index contributed by atoms with van der Waals surface area (Å²) in [7, 11) is 3.26. The van der Waals surface area contributed by atoms with Crippen molar-refractivity contribution < 1.29 is 9.47 Å². The van der Waals surface area contributed by atoms with E-state index in [1.165, 1.54) is 5.56 Å². The van der Waals surface area contributed by atoms with Gasteiger partial charge in [0.05, 0.1) is 14.2 Å². The smallest absolute Gasteiger partial charge is 0.165 e.